The van der Waals surface area contributed by atoms with Gasteiger partial charge in [0.15, 0.2) is 4.90 Å². The molecule has 0 saturated carbocycles. The molecule has 0 radical (unpaired) electrons. The first kappa shape index (κ1) is 16.7. The van der Waals surface area contributed by atoms with Crippen LogP contribution < -0.4 is 4.72 Å². The van der Waals surface area contributed by atoms with Gasteiger partial charge < -0.3 is 0 Å². The van der Waals surface area contributed by atoms with E-state index in [1.807, 2.05) is 0 Å². The van der Waals surface area contributed by atoms with Crippen molar-refractivity contribution >= 4 is 26.5 Å². The molecule has 0 bridgehead atoms. The second kappa shape index (κ2) is 6.86. The van der Waals surface area contributed by atoms with Gasteiger partial charge in [-0.15, -0.1) is 0 Å². The van der Waals surface area contributed by atoms with Gasteiger partial charge in [0.2, 0.25) is 15.8 Å². The summed E-state index contributed by atoms with van der Waals surface area (Å²) in [6, 6.07) is 2.86. The molecule has 0 saturated heterocycles. The van der Waals surface area contributed by atoms with Gasteiger partial charge in [-0.2, -0.15) is 4.39 Å². The van der Waals surface area contributed by atoms with Crippen molar-refractivity contribution in [3.05, 3.63) is 34.1 Å². The zero-order valence-electron chi connectivity index (χ0n) is 10.5. The summed E-state index contributed by atoms with van der Waals surface area (Å²) in [5.74, 6) is -0.916. The lowest BCUT2D eigenvalue weighted by Crippen LogP contribution is -2.26. The fourth-order valence-corrected chi connectivity index (χ4v) is 3.25. The van der Waals surface area contributed by atoms with Crippen molar-refractivity contribution in [3.63, 3.8) is 0 Å². The van der Waals surface area contributed by atoms with Crippen LogP contribution in [0.2, 0.25) is 0 Å². The number of sulfonamides is 1. The molecule has 0 fully saturated rings. The predicted octanol–water partition coefficient (Wildman–Crippen LogP) is 0.781. The van der Waals surface area contributed by atoms with Crippen LogP contribution in [0.3, 0.4) is 0 Å². The largest absolute Gasteiger partial charge is 0.324 e. The zero-order valence-corrected chi connectivity index (χ0v) is 12.2. The van der Waals surface area contributed by atoms with Gasteiger partial charge in [-0.1, -0.05) is 6.07 Å². The maximum atomic E-state index is 13.4. The monoisotopic (exact) mass is 324 g/mol. The Kier molecular flexibility index (Phi) is 5.72. The number of nitro groups is 1. The molecule has 1 aromatic rings. The number of nitrogens with one attached hydrogen (secondary N) is 1. The third-order valence-electron chi connectivity index (χ3n) is 2.32. The van der Waals surface area contributed by atoms with Crippen molar-refractivity contribution < 1.29 is 21.9 Å². The molecule has 0 aliphatic heterocycles. The number of hydrogen-bond acceptors (Lipinski definition) is 5. The van der Waals surface area contributed by atoms with Crippen molar-refractivity contribution in [1.29, 1.82) is 0 Å². The van der Waals surface area contributed by atoms with Crippen LogP contribution in [0.5, 0.6) is 0 Å². The number of nitro benzene ring substituents is 1. The Morgan fingerprint density at radius 2 is 2.10 bits per heavy atom. The number of benzene rings is 1. The first-order chi connectivity index (χ1) is 9.25. The van der Waals surface area contributed by atoms with E-state index >= 15 is 0 Å². The van der Waals surface area contributed by atoms with Crippen molar-refractivity contribution in [2.75, 3.05) is 18.6 Å². The highest BCUT2D eigenvalue weighted by Gasteiger charge is 2.28. The SMILES string of the molecule is CS(=O)CCCNS(=O)(=O)c1cccc(F)c1[N+](=O)[O-]. The van der Waals surface area contributed by atoms with Crippen LogP contribution in [-0.4, -0.2) is 36.1 Å². The van der Waals surface area contributed by atoms with E-state index in [2.05, 4.69) is 4.72 Å². The first-order valence-electron chi connectivity index (χ1n) is 5.48. The molecule has 0 aliphatic rings. The molecular formula is C10H13FN2O5S2. The Bertz CT molecular complexity index is 633. The molecular weight excluding hydrogens is 311 g/mol. The quantitative estimate of drug-likeness (QED) is 0.453. The lowest BCUT2D eigenvalue weighted by molar-refractivity contribution is -0.390. The number of rotatable bonds is 7. The molecule has 112 valence electrons. The highest BCUT2D eigenvalue weighted by atomic mass is 32.2. The minimum Gasteiger partial charge on any atom is -0.260 e. The smallest absolute Gasteiger partial charge is 0.260 e. The van der Waals surface area contributed by atoms with Crippen LogP contribution in [0.25, 0.3) is 0 Å². The van der Waals surface area contributed by atoms with E-state index in [-0.39, 0.29) is 6.54 Å². The van der Waals surface area contributed by atoms with Crippen molar-refractivity contribution in [3.8, 4) is 0 Å². The fourth-order valence-electron chi connectivity index (χ4n) is 1.45. The van der Waals surface area contributed by atoms with Gasteiger partial charge in [-0.3, -0.25) is 14.3 Å². The first-order valence-corrected chi connectivity index (χ1v) is 8.69. The normalized spacial score (nSPS) is 13.1. The molecule has 1 unspecified atom stereocenters. The third-order valence-corrected chi connectivity index (χ3v) is 4.68. The van der Waals surface area contributed by atoms with Crippen LogP contribution in [0.1, 0.15) is 6.42 Å². The lowest BCUT2D eigenvalue weighted by atomic mass is 10.3. The Labute approximate surface area is 117 Å². The van der Waals surface area contributed by atoms with Crippen LogP contribution in [-0.2, 0) is 20.8 Å². The van der Waals surface area contributed by atoms with Crippen molar-refractivity contribution in [2.24, 2.45) is 0 Å². The molecule has 1 N–H and O–H groups in total. The minimum absolute atomic E-state index is 0.0322. The number of hydrogen-bond donors (Lipinski definition) is 1. The molecule has 0 amide bonds. The molecule has 0 spiro atoms. The predicted molar refractivity (Wildman–Crippen MR) is 71.8 cm³/mol. The van der Waals surface area contributed by atoms with E-state index in [1.165, 1.54) is 6.26 Å². The average Bonchev–Trinajstić information content (AvgIpc) is 2.33. The van der Waals surface area contributed by atoms with Gasteiger partial charge in [0, 0.05) is 29.4 Å². The molecule has 1 atom stereocenters. The van der Waals surface area contributed by atoms with Crippen molar-refractivity contribution in [2.45, 2.75) is 11.3 Å². The molecule has 7 nitrogen and oxygen atoms in total. The Hall–Kier alpha value is -1.39. The van der Waals surface area contributed by atoms with E-state index in [0.29, 0.717) is 12.2 Å². The van der Waals surface area contributed by atoms with Gasteiger partial charge in [0.1, 0.15) is 0 Å². The second-order valence-electron chi connectivity index (χ2n) is 3.87. The van der Waals surface area contributed by atoms with Crippen LogP contribution in [0.4, 0.5) is 10.1 Å². The summed E-state index contributed by atoms with van der Waals surface area (Å²) < 4.78 is 50.1. The summed E-state index contributed by atoms with van der Waals surface area (Å²) in [4.78, 5) is 8.94. The van der Waals surface area contributed by atoms with Crippen molar-refractivity contribution in [1.82, 2.24) is 4.72 Å². The topological polar surface area (TPSA) is 106 Å². The third kappa shape index (κ3) is 4.32. The maximum absolute atomic E-state index is 13.4. The van der Waals surface area contributed by atoms with E-state index in [0.717, 1.165) is 18.2 Å². The molecule has 0 heterocycles. The van der Waals surface area contributed by atoms with E-state index in [1.54, 1.807) is 0 Å². The zero-order chi connectivity index (χ0) is 15.3. The Morgan fingerprint density at radius 1 is 1.45 bits per heavy atom. The molecule has 0 aliphatic carbocycles. The lowest BCUT2D eigenvalue weighted by Gasteiger charge is -2.07. The number of para-hydroxylation sites is 1. The molecule has 1 rings (SSSR count). The summed E-state index contributed by atoms with van der Waals surface area (Å²) in [5.41, 5.74) is -1.08. The summed E-state index contributed by atoms with van der Waals surface area (Å²) in [5, 5.41) is 10.7. The average molecular weight is 324 g/mol. The van der Waals surface area contributed by atoms with Gasteiger partial charge in [0.25, 0.3) is 0 Å². The van der Waals surface area contributed by atoms with Gasteiger partial charge in [-0.05, 0) is 18.6 Å². The summed E-state index contributed by atoms with van der Waals surface area (Å²) in [6.45, 7) is -0.0322. The van der Waals surface area contributed by atoms with Crippen LogP contribution >= 0.6 is 0 Å². The van der Waals surface area contributed by atoms with E-state index in [4.69, 9.17) is 0 Å². The van der Waals surface area contributed by atoms with Gasteiger partial charge in [-0.25, -0.2) is 13.1 Å². The van der Waals surface area contributed by atoms with Crippen LogP contribution in [0, 0.1) is 15.9 Å². The summed E-state index contributed by atoms with van der Waals surface area (Å²) >= 11 is 0. The molecule has 10 heteroatoms. The summed E-state index contributed by atoms with van der Waals surface area (Å²) in [6.07, 6.45) is 1.79. The molecule has 0 aromatic heterocycles. The standard InChI is InChI=1S/C10H13FN2O5S2/c1-19(16)7-3-6-12-20(17,18)9-5-2-4-8(11)10(9)13(14)15/h2,4-5,12H,3,6-7H2,1H3. The second-order valence-corrected chi connectivity index (χ2v) is 7.16. The van der Waals surface area contributed by atoms with Gasteiger partial charge >= 0.3 is 5.69 Å². The Balaban J connectivity index is 2.96. The fraction of sp³-hybridized carbons (Fsp3) is 0.400. The number of halogens is 1. The molecule has 1 aromatic carbocycles. The maximum Gasteiger partial charge on any atom is 0.324 e. The highest BCUT2D eigenvalue weighted by Crippen LogP contribution is 2.26. The van der Waals surface area contributed by atoms with Crippen LogP contribution in [0.15, 0.2) is 23.1 Å². The molecule has 20 heavy (non-hydrogen) atoms. The minimum atomic E-state index is -4.19. The van der Waals surface area contributed by atoms with E-state index in [9.17, 15) is 27.1 Å². The number of nitrogens with zero attached hydrogens (tertiary/aromatic N) is 1. The highest BCUT2D eigenvalue weighted by molar-refractivity contribution is 7.89. The van der Waals surface area contributed by atoms with E-state index < -0.39 is 42.1 Å². The summed E-state index contributed by atoms with van der Waals surface area (Å²) in [7, 11) is -5.24. The van der Waals surface area contributed by atoms with Gasteiger partial charge in [0.05, 0.1) is 4.92 Å². The Morgan fingerprint density at radius 3 is 2.65 bits per heavy atom.